The van der Waals surface area contributed by atoms with E-state index in [4.69, 9.17) is 14.2 Å². The maximum absolute atomic E-state index is 13.7. The van der Waals surface area contributed by atoms with Crippen molar-refractivity contribution in [2.45, 2.75) is 69.8 Å². The Labute approximate surface area is 216 Å². The highest BCUT2D eigenvalue weighted by Gasteiger charge is 2.42. The summed E-state index contributed by atoms with van der Waals surface area (Å²) in [5.74, 6) is 0.701. The second-order valence-electron chi connectivity index (χ2n) is 9.81. The van der Waals surface area contributed by atoms with E-state index in [0.717, 1.165) is 47.5 Å². The Kier molecular flexibility index (Phi) is 7.19. The molecule has 1 fully saturated rings. The van der Waals surface area contributed by atoms with Gasteiger partial charge in [0.1, 0.15) is 6.10 Å². The molecule has 0 saturated heterocycles. The van der Waals surface area contributed by atoms with E-state index < -0.39 is 5.92 Å². The van der Waals surface area contributed by atoms with Gasteiger partial charge in [0.15, 0.2) is 17.3 Å². The molecule has 0 bridgehead atoms. The zero-order valence-electron chi connectivity index (χ0n) is 21.1. The molecule has 2 heterocycles. The fourth-order valence-electron chi connectivity index (χ4n) is 5.79. The van der Waals surface area contributed by atoms with Crippen LogP contribution in [0.4, 0.5) is 0 Å². The third kappa shape index (κ3) is 4.69. The van der Waals surface area contributed by atoms with Gasteiger partial charge in [-0.15, -0.1) is 11.3 Å². The molecule has 190 valence electrons. The summed E-state index contributed by atoms with van der Waals surface area (Å²) in [5.41, 5.74) is 3.98. The highest BCUT2D eigenvalue weighted by atomic mass is 32.1. The van der Waals surface area contributed by atoms with Crippen LogP contribution in [0.2, 0.25) is 0 Å². The molecule has 6 nitrogen and oxygen atoms in total. The van der Waals surface area contributed by atoms with E-state index in [2.05, 4.69) is 5.32 Å². The van der Waals surface area contributed by atoms with Crippen molar-refractivity contribution < 1.29 is 23.8 Å². The highest BCUT2D eigenvalue weighted by molar-refractivity contribution is 7.10. The largest absolute Gasteiger partial charge is 0.493 e. The Bertz CT molecular complexity index is 1210. The number of Topliss-reactive ketones (excluding diaryl/α,β-unsaturated/α-hetero) is 1. The monoisotopic (exact) mass is 507 g/mol. The van der Waals surface area contributed by atoms with E-state index in [1.54, 1.807) is 25.6 Å². The van der Waals surface area contributed by atoms with E-state index in [1.807, 2.05) is 42.6 Å². The summed E-state index contributed by atoms with van der Waals surface area (Å²) in [7, 11) is 3.23. The third-order valence-electron chi connectivity index (χ3n) is 7.58. The van der Waals surface area contributed by atoms with Crippen LogP contribution in [0, 0.1) is 0 Å². The Morgan fingerprint density at radius 2 is 1.81 bits per heavy atom. The van der Waals surface area contributed by atoms with E-state index in [9.17, 15) is 9.59 Å². The van der Waals surface area contributed by atoms with Crippen LogP contribution in [0.3, 0.4) is 0 Å². The predicted molar refractivity (Wildman–Crippen MR) is 139 cm³/mol. The van der Waals surface area contributed by atoms with Crippen LogP contribution in [-0.2, 0) is 14.3 Å². The maximum atomic E-state index is 13.7. The summed E-state index contributed by atoms with van der Waals surface area (Å²) in [6.45, 7) is 1.92. The van der Waals surface area contributed by atoms with E-state index in [0.29, 0.717) is 35.5 Å². The normalized spacial score (nSPS) is 22.7. The van der Waals surface area contributed by atoms with Crippen LogP contribution in [0.1, 0.15) is 74.1 Å². The van der Waals surface area contributed by atoms with Gasteiger partial charge in [0.05, 0.1) is 25.7 Å². The van der Waals surface area contributed by atoms with Crippen LogP contribution < -0.4 is 14.8 Å². The number of carbonyl (C=O) groups is 2. The molecule has 1 aromatic carbocycles. The summed E-state index contributed by atoms with van der Waals surface area (Å²) in [4.78, 5) is 28.2. The van der Waals surface area contributed by atoms with E-state index in [1.165, 1.54) is 6.42 Å². The summed E-state index contributed by atoms with van der Waals surface area (Å²) >= 11 is 1.58. The quantitative estimate of drug-likeness (QED) is 0.483. The number of hydrogen-bond donors (Lipinski definition) is 1. The van der Waals surface area contributed by atoms with Crippen LogP contribution in [-0.4, -0.2) is 32.1 Å². The van der Waals surface area contributed by atoms with E-state index in [-0.39, 0.29) is 23.8 Å². The van der Waals surface area contributed by atoms with Gasteiger partial charge in [-0.3, -0.25) is 4.79 Å². The first-order chi connectivity index (χ1) is 17.5. The van der Waals surface area contributed by atoms with Gasteiger partial charge in [-0.05, 0) is 74.1 Å². The van der Waals surface area contributed by atoms with Crippen LogP contribution in [0.25, 0.3) is 0 Å². The Morgan fingerprint density at radius 1 is 1.03 bits per heavy atom. The fourth-order valence-corrected chi connectivity index (χ4v) is 6.63. The van der Waals surface area contributed by atoms with Crippen molar-refractivity contribution >= 4 is 23.1 Å². The number of dihydropyridines is 1. The van der Waals surface area contributed by atoms with Gasteiger partial charge in [-0.1, -0.05) is 18.6 Å². The van der Waals surface area contributed by atoms with Crippen molar-refractivity contribution in [2.75, 3.05) is 14.2 Å². The van der Waals surface area contributed by atoms with Gasteiger partial charge in [-0.25, -0.2) is 4.79 Å². The lowest BCUT2D eigenvalue weighted by Gasteiger charge is -2.36. The minimum atomic E-state index is -0.392. The predicted octanol–water partition coefficient (Wildman–Crippen LogP) is 6.00. The number of nitrogens with one attached hydrogen (secondary N) is 1. The molecule has 1 N–H and O–H groups in total. The smallest absolute Gasteiger partial charge is 0.337 e. The number of esters is 1. The Hall–Kier alpha value is -3.06. The van der Waals surface area contributed by atoms with Crippen LogP contribution >= 0.6 is 11.3 Å². The number of carbonyl (C=O) groups excluding carboxylic acids is 2. The van der Waals surface area contributed by atoms with Crippen molar-refractivity contribution in [3.63, 3.8) is 0 Å². The minimum Gasteiger partial charge on any atom is -0.493 e. The molecule has 5 rings (SSSR count). The summed E-state index contributed by atoms with van der Waals surface area (Å²) in [6.07, 6.45) is 6.22. The molecule has 7 heteroatoms. The highest BCUT2D eigenvalue weighted by Crippen LogP contribution is 2.47. The first-order valence-corrected chi connectivity index (χ1v) is 13.6. The van der Waals surface area contributed by atoms with Crippen molar-refractivity contribution in [3.05, 3.63) is 68.7 Å². The molecule has 1 saturated carbocycles. The molecule has 0 radical (unpaired) electrons. The van der Waals surface area contributed by atoms with Gasteiger partial charge in [0.25, 0.3) is 0 Å². The number of allylic oxidation sites excluding steroid dienone is 3. The first kappa shape index (κ1) is 24.6. The topological polar surface area (TPSA) is 73.9 Å². The number of rotatable bonds is 6. The molecule has 2 atom stereocenters. The third-order valence-corrected chi connectivity index (χ3v) is 8.52. The molecule has 0 amide bonds. The average Bonchev–Trinajstić information content (AvgIpc) is 3.42. The van der Waals surface area contributed by atoms with E-state index >= 15 is 0 Å². The molecular weight excluding hydrogens is 474 g/mol. The minimum absolute atomic E-state index is 0.0103. The first-order valence-electron chi connectivity index (χ1n) is 12.7. The summed E-state index contributed by atoms with van der Waals surface area (Å²) < 4.78 is 16.9. The average molecular weight is 508 g/mol. The molecule has 3 aliphatic rings. The second kappa shape index (κ2) is 10.5. The number of thiophene rings is 1. The lowest BCUT2D eigenvalue weighted by Crippen LogP contribution is -2.36. The fraction of sp³-hybridized carbons (Fsp3) is 0.448. The Morgan fingerprint density at radius 3 is 2.50 bits per heavy atom. The molecule has 36 heavy (non-hydrogen) atoms. The van der Waals surface area contributed by atoms with Gasteiger partial charge in [0.2, 0.25) is 0 Å². The van der Waals surface area contributed by atoms with Gasteiger partial charge < -0.3 is 19.5 Å². The summed E-state index contributed by atoms with van der Waals surface area (Å²) in [6, 6.07) is 9.83. The van der Waals surface area contributed by atoms with Crippen molar-refractivity contribution in [1.82, 2.24) is 5.32 Å². The van der Waals surface area contributed by atoms with Crippen molar-refractivity contribution in [1.29, 1.82) is 0 Å². The molecule has 0 spiro atoms. The number of hydrogen-bond acceptors (Lipinski definition) is 7. The van der Waals surface area contributed by atoms with Gasteiger partial charge in [0, 0.05) is 28.3 Å². The van der Waals surface area contributed by atoms with Crippen LogP contribution in [0.15, 0.2) is 58.3 Å². The maximum Gasteiger partial charge on any atom is 0.337 e. The number of ketones is 1. The molecule has 1 aliphatic heterocycles. The molecule has 2 aliphatic carbocycles. The number of methoxy groups -OCH3 is 2. The number of benzene rings is 1. The Balaban J connectivity index is 1.47. The zero-order valence-corrected chi connectivity index (χ0v) is 21.9. The van der Waals surface area contributed by atoms with Crippen molar-refractivity contribution in [2.24, 2.45) is 0 Å². The van der Waals surface area contributed by atoms with Crippen molar-refractivity contribution in [3.8, 4) is 11.5 Å². The standard InChI is InChI=1S/C29H33NO5S/c1-17-26(29(32)35-20-8-5-4-6-9-20)28(25-10-7-13-36-25)27-21(30-17)14-19(15-22(27)31)18-11-12-23(33-2)24(16-18)34-3/h7,10-13,16,19-20,28,30H,4-6,8-9,14-15H2,1-3H3/t19-,28+/m1/s1. The zero-order chi connectivity index (χ0) is 25.2. The van der Waals surface area contributed by atoms with Crippen LogP contribution in [0.5, 0.6) is 11.5 Å². The lowest BCUT2D eigenvalue weighted by molar-refractivity contribution is -0.146. The van der Waals surface area contributed by atoms with Gasteiger partial charge >= 0.3 is 5.97 Å². The SMILES string of the molecule is COc1ccc([C@H]2CC(=O)C3=C(C2)NC(C)=C(C(=O)OC2CCCCC2)[C@@H]3c2cccs2)cc1OC. The summed E-state index contributed by atoms with van der Waals surface area (Å²) in [5, 5.41) is 5.44. The molecule has 1 aromatic heterocycles. The van der Waals surface area contributed by atoms with Gasteiger partial charge in [-0.2, -0.15) is 0 Å². The molecular formula is C29H33NO5S. The molecule has 2 aromatic rings. The molecule has 0 unspecified atom stereocenters. The number of ether oxygens (including phenoxy) is 3. The lowest BCUT2D eigenvalue weighted by atomic mass is 9.73. The second-order valence-corrected chi connectivity index (χ2v) is 10.8.